The molecule has 3 rings (SSSR count). The zero-order valence-corrected chi connectivity index (χ0v) is 15.8. The molecule has 0 atom stereocenters. The lowest BCUT2D eigenvalue weighted by molar-refractivity contribution is -0.137. The fourth-order valence-corrected chi connectivity index (χ4v) is 3.22. The van der Waals surface area contributed by atoms with Gasteiger partial charge in [-0.25, -0.2) is 0 Å². The second kappa shape index (κ2) is 8.13. The van der Waals surface area contributed by atoms with Crippen LogP contribution >= 0.6 is 0 Å². The predicted molar refractivity (Wildman–Crippen MR) is 107 cm³/mol. The van der Waals surface area contributed by atoms with E-state index in [0.717, 1.165) is 22.8 Å². The van der Waals surface area contributed by atoms with Crippen LogP contribution in [0.5, 0.6) is 0 Å². The van der Waals surface area contributed by atoms with Crippen LogP contribution in [0.4, 0.5) is 18.9 Å². The third-order valence-corrected chi connectivity index (χ3v) is 4.72. The number of nitrogens with zero attached hydrogens (tertiary/aromatic N) is 1. The van der Waals surface area contributed by atoms with Crippen molar-refractivity contribution in [3.8, 4) is 11.3 Å². The Kier molecular flexibility index (Phi) is 5.79. The molecule has 4 nitrogen and oxygen atoms in total. The first-order chi connectivity index (χ1) is 13.7. The first-order valence-electron chi connectivity index (χ1n) is 9.07. The van der Waals surface area contributed by atoms with Crippen LogP contribution in [0.3, 0.4) is 0 Å². The van der Waals surface area contributed by atoms with E-state index in [0.29, 0.717) is 12.0 Å². The van der Waals surface area contributed by atoms with Gasteiger partial charge in [0.2, 0.25) is 0 Å². The second-order valence-electron chi connectivity index (χ2n) is 6.91. The number of rotatable bonds is 5. The Morgan fingerprint density at radius 2 is 1.69 bits per heavy atom. The minimum Gasteiger partial charge on any atom is -0.396 e. The summed E-state index contributed by atoms with van der Waals surface area (Å²) in [6, 6.07) is 15.1. The van der Waals surface area contributed by atoms with Gasteiger partial charge in [0, 0.05) is 6.61 Å². The smallest absolute Gasteiger partial charge is 0.396 e. The lowest BCUT2D eigenvalue weighted by atomic mass is 10.0. The molecule has 152 valence electrons. The number of nitrogen functional groups attached to an aromatic ring is 1. The maximum atomic E-state index is 13.4. The standard InChI is InChI=1S/C22H21F3N2O2/c1-14-3-2-4-17(11-14)19-12-18(22(23,24)25)20(26)21(29)27(19)13-16-7-5-15(6-8-16)9-10-28/h2-8,11-12,28H,9-10,13,26H2,1H3. The molecule has 0 bridgehead atoms. The van der Waals surface area contributed by atoms with E-state index < -0.39 is 23.0 Å². The van der Waals surface area contributed by atoms with Gasteiger partial charge >= 0.3 is 6.18 Å². The summed E-state index contributed by atoms with van der Waals surface area (Å²) in [6.45, 7) is 1.92. The Balaban J connectivity index is 2.16. The SMILES string of the molecule is Cc1cccc(-c2cc(C(F)(F)F)c(N)c(=O)n2Cc2ccc(CCO)cc2)c1. The van der Waals surface area contributed by atoms with E-state index in [1.54, 1.807) is 30.3 Å². The third kappa shape index (κ3) is 4.51. The van der Waals surface area contributed by atoms with E-state index in [1.807, 2.05) is 25.1 Å². The van der Waals surface area contributed by atoms with Crippen LogP contribution in [0, 0.1) is 6.92 Å². The summed E-state index contributed by atoms with van der Waals surface area (Å²) < 4.78 is 41.6. The van der Waals surface area contributed by atoms with Gasteiger partial charge in [0.1, 0.15) is 5.69 Å². The van der Waals surface area contributed by atoms with Crippen molar-refractivity contribution < 1.29 is 18.3 Å². The van der Waals surface area contributed by atoms with Crippen LogP contribution in [-0.4, -0.2) is 16.3 Å². The third-order valence-electron chi connectivity index (χ3n) is 4.72. The molecule has 0 aliphatic heterocycles. The van der Waals surface area contributed by atoms with Gasteiger partial charge in [0.05, 0.1) is 17.8 Å². The van der Waals surface area contributed by atoms with Crippen molar-refractivity contribution in [3.63, 3.8) is 0 Å². The van der Waals surface area contributed by atoms with E-state index in [2.05, 4.69) is 0 Å². The van der Waals surface area contributed by atoms with Crippen LogP contribution in [-0.2, 0) is 19.1 Å². The number of anilines is 1. The molecule has 0 fully saturated rings. The molecule has 0 unspecified atom stereocenters. The number of hydrogen-bond donors (Lipinski definition) is 2. The van der Waals surface area contributed by atoms with Crippen LogP contribution in [0.25, 0.3) is 11.3 Å². The summed E-state index contributed by atoms with van der Waals surface area (Å²) in [5, 5.41) is 9.02. The van der Waals surface area contributed by atoms with E-state index in [-0.39, 0.29) is 18.8 Å². The summed E-state index contributed by atoms with van der Waals surface area (Å²) in [5.74, 6) is 0. The highest BCUT2D eigenvalue weighted by Crippen LogP contribution is 2.35. The van der Waals surface area contributed by atoms with Gasteiger partial charge in [-0.15, -0.1) is 0 Å². The van der Waals surface area contributed by atoms with Crippen molar-refractivity contribution in [1.82, 2.24) is 4.57 Å². The molecule has 29 heavy (non-hydrogen) atoms. The molecule has 3 aromatic rings. The average molecular weight is 402 g/mol. The quantitative estimate of drug-likeness (QED) is 0.678. The molecule has 1 heterocycles. The zero-order chi connectivity index (χ0) is 21.2. The fraction of sp³-hybridized carbons (Fsp3) is 0.227. The molecular weight excluding hydrogens is 381 g/mol. The molecule has 2 aromatic carbocycles. The van der Waals surface area contributed by atoms with Gasteiger partial charge in [-0.1, -0.05) is 48.0 Å². The molecule has 0 spiro atoms. The van der Waals surface area contributed by atoms with E-state index in [1.165, 1.54) is 4.57 Å². The number of hydrogen-bond acceptors (Lipinski definition) is 3. The van der Waals surface area contributed by atoms with Gasteiger partial charge < -0.3 is 15.4 Å². The van der Waals surface area contributed by atoms with Gasteiger partial charge in [-0.05, 0) is 42.2 Å². The number of aliphatic hydroxyl groups is 1. The van der Waals surface area contributed by atoms with Crippen LogP contribution in [0.2, 0.25) is 0 Å². The molecule has 7 heteroatoms. The van der Waals surface area contributed by atoms with E-state index in [9.17, 15) is 18.0 Å². The van der Waals surface area contributed by atoms with Crippen molar-refractivity contribution in [2.75, 3.05) is 12.3 Å². The van der Waals surface area contributed by atoms with Gasteiger partial charge in [-0.2, -0.15) is 13.2 Å². The largest absolute Gasteiger partial charge is 0.418 e. The number of nitrogens with two attached hydrogens (primary N) is 1. The van der Waals surface area contributed by atoms with Crippen molar-refractivity contribution in [2.45, 2.75) is 26.1 Å². The zero-order valence-electron chi connectivity index (χ0n) is 15.8. The Labute approximate surface area is 166 Å². The minimum atomic E-state index is -4.73. The van der Waals surface area contributed by atoms with E-state index >= 15 is 0 Å². The minimum absolute atomic E-state index is 0.0196. The summed E-state index contributed by atoms with van der Waals surface area (Å²) in [5.41, 5.74) is 5.94. The highest BCUT2D eigenvalue weighted by Gasteiger charge is 2.35. The summed E-state index contributed by atoms with van der Waals surface area (Å²) in [7, 11) is 0. The maximum Gasteiger partial charge on any atom is 0.418 e. The maximum absolute atomic E-state index is 13.4. The number of pyridine rings is 1. The Hall–Kier alpha value is -3.06. The molecule has 0 aliphatic carbocycles. The first kappa shape index (κ1) is 20.7. The van der Waals surface area contributed by atoms with Gasteiger partial charge in [-0.3, -0.25) is 4.79 Å². The molecule has 0 aliphatic rings. The monoisotopic (exact) mass is 402 g/mol. The van der Waals surface area contributed by atoms with E-state index in [4.69, 9.17) is 10.8 Å². The van der Waals surface area contributed by atoms with Crippen molar-refractivity contribution in [2.24, 2.45) is 0 Å². The number of aliphatic hydroxyl groups excluding tert-OH is 1. The number of aromatic nitrogens is 1. The lowest BCUT2D eigenvalue weighted by Gasteiger charge is -2.18. The van der Waals surface area contributed by atoms with Crippen molar-refractivity contribution in [1.29, 1.82) is 0 Å². The average Bonchev–Trinajstić information content (AvgIpc) is 2.66. The number of aryl methyl sites for hydroxylation is 1. The lowest BCUT2D eigenvalue weighted by Crippen LogP contribution is -2.28. The molecular formula is C22H21F3N2O2. The van der Waals surface area contributed by atoms with Crippen LogP contribution < -0.4 is 11.3 Å². The summed E-state index contributed by atoms with van der Waals surface area (Å²) in [6.07, 6.45) is -4.23. The van der Waals surface area contributed by atoms with Crippen LogP contribution in [0.15, 0.2) is 59.4 Å². The second-order valence-corrected chi connectivity index (χ2v) is 6.91. The normalized spacial score (nSPS) is 11.6. The Morgan fingerprint density at radius 3 is 2.28 bits per heavy atom. The van der Waals surface area contributed by atoms with Gasteiger partial charge in [0.25, 0.3) is 5.56 Å². The number of benzene rings is 2. The van der Waals surface area contributed by atoms with Gasteiger partial charge in [0.15, 0.2) is 0 Å². The Morgan fingerprint density at radius 1 is 1.03 bits per heavy atom. The molecule has 3 N–H and O–H groups in total. The number of alkyl halides is 3. The predicted octanol–water partition coefficient (Wildman–Crippen LogP) is 4.01. The first-order valence-corrected chi connectivity index (χ1v) is 9.07. The fourth-order valence-electron chi connectivity index (χ4n) is 3.22. The molecule has 0 saturated carbocycles. The van der Waals surface area contributed by atoms with Crippen LogP contribution in [0.1, 0.15) is 22.3 Å². The summed E-state index contributed by atoms with van der Waals surface area (Å²) >= 11 is 0. The molecule has 0 saturated heterocycles. The molecule has 1 aromatic heterocycles. The number of halogens is 3. The molecule has 0 amide bonds. The van der Waals surface area contributed by atoms with Crippen molar-refractivity contribution in [3.05, 3.63) is 87.2 Å². The highest BCUT2D eigenvalue weighted by atomic mass is 19.4. The summed E-state index contributed by atoms with van der Waals surface area (Å²) in [4.78, 5) is 12.8. The highest BCUT2D eigenvalue weighted by molar-refractivity contribution is 5.65. The molecule has 0 radical (unpaired) electrons. The Bertz CT molecular complexity index is 1070. The topological polar surface area (TPSA) is 68.2 Å². The van der Waals surface area contributed by atoms with Crippen molar-refractivity contribution >= 4 is 5.69 Å².